The van der Waals surface area contributed by atoms with Gasteiger partial charge in [-0.05, 0) is 41.7 Å². The lowest BCUT2D eigenvalue weighted by Gasteiger charge is -2.03. The van der Waals surface area contributed by atoms with Gasteiger partial charge in [-0.2, -0.15) is 5.26 Å². The van der Waals surface area contributed by atoms with E-state index in [0.717, 1.165) is 19.3 Å². The zero-order valence-electron chi connectivity index (χ0n) is 8.36. The molecule has 0 bridgehead atoms. The predicted molar refractivity (Wildman–Crippen MR) is 62.8 cm³/mol. The molecular weight excluding hydrogens is 202 g/mol. The van der Waals surface area contributed by atoms with E-state index in [4.69, 9.17) is 5.26 Å². The Morgan fingerprint density at radius 1 is 1.33 bits per heavy atom. The van der Waals surface area contributed by atoms with Crippen LogP contribution in [0.5, 0.6) is 0 Å². The Morgan fingerprint density at radius 3 is 2.87 bits per heavy atom. The summed E-state index contributed by atoms with van der Waals surface area (Å²) in [4.78, 5) is 0. The highest BCUT2D eigenvalue weighted by Gasteiger charge is 2.43. The van der Waals surface area contributed by atoms with Crippen molar-refractivity contribution in [1.29, 1.82) is 5.26 Å². The van der Waals surface area contributed by atoms with Gasteiger partial charge in [0, 0.05) is 4.70 Å². The van der Waals surface area contributed by atoms with E-state index < -0.39 is 0 Å². The molecule has 1 heterocycles. The fourth-order valence-electron chi connectivity index (χ4n) is 2.01. The molecule has 15 heavy (non-hydrogen) atoms. The SMILES string of the molecule is N#CC1(Cc2csc3ccccc23)CC1. The van der Waals surface area contributed by atoms with E-state index in [9.17, 15) is 0 Å². The molecular formula is C13H11NS. The summed E-state index contributed by atoms with van der Waals surface area (Å²) < 4.78 is 1.33. The molecule has 1 aromatic carbocycles. The summed E-state index contributed by atoms with van der Waals surface area (Å²) in [6.07, 6.45) is 3.09. The van der Waals surface area contributed by atoms with Gasteiger partial charge in [0.2, 0.25) is 0 Å². The van der Waals surface area contributed by atoms with Crippen molar-refractivity contribution < 1.29 is 0 Å². The Morgan fingerprint density at radius 2 is 2.13 bits per heavy atom. The van der Waals surface area contributed by atoms with Gasteiger partial charge in [0.15, 0.2) is 0 Å². The standard InChI is InChI=1S/C13H11NS/c14-9-13(5-6-13)7-10-8-15-12-4-2-1-3-11(10)12/h1-4,8H,5-7H2. The number of fused-ring (bicyclic) bond motifs is 1. The molecule has 0 atom stereocenters. The lowest BCUT2D eigenvalue weighted by Crippen LogP contribution is -2.00. The first-order chi connectivity index (χ1) is 7.33. The van der Waals surface area contributed by atoms with Crippen LogP contribution in [0.3, 0.4) is 0 Å². The minimum Gasteiger partial charge on any atom is -0.198 e. The normalized spacial score (nSPS) is 17.5. The van der Waals surface area contributed by atoms with E-state index >= 15 is 0 Å². The first kappa shape index (κ1) is 8.94. The lowest BCUT2D eigenvalue weighted by atomic mass is 9.98. The third kappa shape index (κ3) is 1.44. The summed E-state index contributed by atoms with van der Waals surface area (Å²) in [7, 11) is 0. The Bertz CT molecular complexity index is 543. The maximum atomic E-state index is 9.08. The van der Waals surface area contributed by atoms with Crippen LogP contribution in [0.1, 0.15) is 18.4 Å². The topological polar surface area (TPSA) is 23.8 Å². The highest BCUT2D eigenvalue weighted by Crippen LogP contribution is 2.48. The number of benzene rings is 1. The van der Waals surface area contributed by atoms with Crippen LogP contribution in [0.25, 0.3) is 10.1 Å². The Hall–Kier alpha value is -1.33. The van der Waals surface area contributed by atoms with Crippen molar-refractivity contribution in [1.82, 2.24) is 0 Å². The molecule has 1 aromatic heterocycles. The summed E-state index contributed by atoms with van der Waals surface area (Å²) in [6, 6.07) is 10.9. The molecule has 0 radical (unpaired) electrons. The van der Waals surface area contributed by atoms with Crippen LogP contribution in [0.4, 0.5) is 0 Å². The molecule has 1 fully saturated rings. The first-order valence-corrected chi connectivity index (χ1v) is 6.07. The molecule has 0 amide bonds. The quantitative estimate of drug-likeness (QED) is 0.745. The van der Waals surface area contributed by atoms with Gasteiger partial charge in [0.1, 0.15) is 0 Å². The van der Waals surface area contributed by atoms with Crippen LogP contribution in [0.15, 0.2) is 29.6 Å². The van der Waals surface area contributed by atoms with Gasteiger partial charge in [-0.1, -0.05) is 18.2 Å². The van der Waals surface area contributed by atoms with Gasteiger partial charge in [-0.3, -0.25) is 0 Å². The van der Waals surface area contributed by atoms with Crippen molar-refractivity contribution in [3.8, 4) is 6.07 Å². The van der Waals surface area contributed by atoms with Crippen molar-refractivity contribution in [3.63, 3.8) is 0 Å². The molecule has 1 nitrogen and oxygen atoms in total. The number of nitrogens with zero attached hydrogens (tertiary/aromatic N) is 1. The maximum Gasteiger partial charge on any atom is 0.0693 e. The second kappa shape index (κ2) is 3.08. The van der Waals surface area contributed by atoms with Gasteiger partial charge >= 0.3 is 0 Å². The minimum absolute atomic E-state index is 0.0240. The minimum atomic E-state index is -0.0240. The van der Waals surface area contributed by atoms with Gasteiger partial charge in [-0.15, -0.1) is 11.3 Å². The third-order valence-corrected chi connectivity index (χ3v) is 4.19. The van der Waals surface area contributed by atoms with Crippen LogP contribution in [-0.4, -0.2) is 0 Å². The van der Waals surface area contributed by atoms with Crippen molar-refractivity contribution in [3.05, 3.63) is 35.2 Å². The van der Waals surface area contributed by atoms with E-state index in [1.165, 1.54) is 15.6 Å². The molecule has 1 aliphatic carbocycles. The molecule has 1 saturated carbocycles. The highest BCUT2D eigenvalue weighted by molar-refractivity contribution is 7.17. The number of thiophene rings is 1. The van der Waals surface area contributed by atoms with Gasteiger partial charge in [-0.25, -0.2) is 0 Å². The molecule has 0 spiro atoms. The third-order valence-electron chi connectivity index (χ3n) is 3.18. The van der Waals surface area contributed by atoms with Gasteiger partial charge in [0.05, 0.1) is 11.5 Å². The number of rotatable bonds is 2. The van der Waals surface area contributed by atoms with E-state index in [1.807, 2.05) is 0 Å². The Labute approximate surface area is 93.0 Å². The summed E-state index contributed by atoms with van der Waals surface area (Å²) in [6.45, 7) is 0. The van der Waals surface area contributed by atoms with Crippen molar-refractivity contribution in [2.45, 2.75) is 19.3 Å². The molecule has 0 unspecified atom stereocenters. The monoisotopic (exact) mass is 213 g/mol. The predicted octanol–water partition coefficient (Wildman–Crippen LogP) is 3.75. The van der Waals surface area contributed by atoms with Crippen LogP contribution >= 0.6 is 11.3 Å². The number of hydrogen-bond donors (Lipinski definition) is 0. The summed E-state index contributed by atoms with van der Waals surface area (Å²) in [5, 5.41) is 12.6. The molecule has 0 N–H and O–H groups in total. The van der Waals surface area contributed by atoms with Crippen LogP contribution in [0.2, 0.25) is 0 Å². The first-order valence-electron chi connectivity index (χ1n) is 5.19. The van der Waals surface area contributed by atoms with E-state index in [1.54, 1.807) is 11.3 Å². The van der Waals surface area contributed by atoms with E-state index in [2.05, 4.69) is 35.7 Å². The highest BCUT2D eigenvalue weighted by atomic mass is 32.1. The second-order valence-electron chi connectivity index (χ2n) is 4.33. The summed E-state index contributed by atoms with van der Waals surface area (Å²) in [5.41, 5.74) is 1.33. The Kier molecular flexibility index (Phi) is 1.83. The second-order valence-corrected chi connectivity index (χ2v) is 5.24. The summed E-state index contributed by atoms with van der Waals surface area (Å²) in [5.74, 6) is 0. The fraction of sp³-hybridized carbons (Fsp3) is 0.308. The largest absolute Gasteiger partial charge is 0.198 e. The molecule has 0 saturated heterocycles. The van der Waals surface area contributed by atoms with E-state index in [-0.39, 0.29) is 5.41 Å². The van der Waals surface area contributed by atoms with Crippen LogP contribution < -0.4 is 0 Å². The molecule has 2 heteroatoms. The van der Waals surface area contributed by atoms with Gasteiger partial charge in [0.25, 0.3) is 0 Å². The summed E-state index contributed by atoms with van der Waals surface area (Å²) >= 11 is 1.78. The molecule has 2 aromatic rings. The maximum absolute atomic E-state index is 9.08. The lowest BCUT2D eigenvalue weighted by molar-refractivity contribution is 0.669. The van der Waals surface area contributed by atoms with Crippen LogP contribution in [0, 0.1) is 16.7 Å². The molecule has 74 valence electrons. The number of hydrogen-bond acceptors (Lipinski definition) is 2. The average molecular weight is 213 g/mol. The molecule has 0 aliphatic heterocycles. The number of nitriles is 1. The average Bonchev–Trinajstić information content (AvgIpc) is 2.95. The van der Waals surface area contributed by atoms with Crippen LogP contribution in [-0.2, 0) is 6.42 Å². The van der Waals surface area contributed by atoms with E-state index in [0.29, 0.717) is 0 Å². The fourth-order valence-corrected chi connectivity index (χ4v) is 2.98. The van der Waals surface area contributed by atoms with Crippen molar-refractivity contribution >= 4 is 21.4 Å². The van der Waals surface area contributed by atoms with Gasteiger partial charge < -0.3 is 0 Å². The van der Waals surface area contributed by atoms with Crippen molar-refractivity contribution in [2.24, 2.45) is 5.41 Å². The van der Waals surface area contributed by atoms with Crippen molar-refractivity contribution in [2.75, 3.05) is 0 Å². The molecule has 3 rings (SSSR count). The molecule has 1 aliphatic rings. The Balaban J connectivity index is 2.02. The zero-order chi connectivity index (χ0) is 10.3. The smallest absolute Gasteiger partial charge is 0.0693 e. The zero-order valence-corrected chi connectivity index (χ0v) is 9.18.